The number of nitrogens with zero attached hydrogens (tertiary/aromatic N) is 2. The molecule has 6 aromatic rings. The lowest BCUT2D eigenvalue weighted by Gasteiger charge is -2.46. The van der Waals surface area contributed by atoms with Gasteiger partial charge in [-0.25, -0.2) is 9.59 Å². The van der Waals surface area contributed by atoms with Crippen LogP contribution in [0.15, 0.2) is 133 Å². The largest absolute Gasteiger partial charge is 0.462 e. The highest BCUT2D eigenvalue weighted by molar-refractivity contribution is 7.20. The lowest BCUT2D eigenvalue weighted by Crippen LogP contribution is -2.75. The number of allylic oxidation sites excluding steroid dienone is 1. The molecular weight excluding hydrogens is 1560 g/mol. The van der Waals surface area contributed by atoms with Gasteiger partial charge in [-0.2, -0.15) is 132 Å². The van der Waals surface area contributed by atoms with Crippen molar-refractivity contribution in [3.8, 4) is 0 Å². The first-order valence-corrected chi connectivity index (χ1v) is 38.7. The lowest BCUT2D eigenvalue weighted by atomic mass is 9.12. The highest BCUT2D eigenvalue weighted by Crippen LogP contribution is 2.42. The van der Waals surface area contributed by atoms with Crippen LogP contribution >= 0.6 is 0 Å². The SMILES string of the molecule is CCCCCCCCCCCCCCCCCCOC(=O)C(C(=O)OCCCCCCCCCCCCCCCCCC)=C(C[n+]1ccncc1)c1ccccc1.FC(F)(F)c1cc([B-](c2cc(C(F)(F)F)cc(C(F)(F)F)c2)(c2cc(C(F)(F)F)cc(C(F)(F)F)c2)c2cc(C(F)(F)F)cc(C(F)(F)F)c2)cc(C(F)(F)F)c1. The summed E-state index contributed by atoms with van der Waals surface area (Å²) in [5.74, 6) is -1.19. The maximum Gasteiger partial charge on any atom is 0.416 e. The molecule has 0 saturated carbocycles. The van der Waals surface area contributed by atoms with E-state index in [-0.39, 0.29) is 5.57 Å². The Morgan fingerprint density at radius 3 is 0.728 bits per heavy atom. The molecule has 0 saturated heterocycles. The van der Waals surface area contributed by atoms with Gasteiger partial charge in [-0.15, -0.1) is 0 Å². The van der Waals surface area contributed by atoms with E-state index in [9.17, 15) is 115 Å². The maximum atomic E-state index is 14.2. The van der Waals surface area contributed by atoms with Gasteiger partial charge in [-0.05, 0) is 42.7 Å². The van der Waals surface area contributed by atoms with Crippen LogP contribution in [0.3, 0.4) is 0 Å². The molecule has 634 valence electrons. The number of benzene rings is 5. The molecule has 6 nitrogen and oxygen atoms in total. The van der Waals surface area contributed by atoms with E-state index < -0.39 is 207 Å². The molecule has 31 heteroatoms. The Morgan fingerprint density at radius 1 is 0.307 bits per heavy atom. The predicted octanol–water partition coefficient (Wildman–Crippen LogP) is 25.6. The van der Waals surface area contributed by atoms with Crippen molar-refractivity contribution in [2.24, 2.45) is 0 Å². The number of aromatic nitrogens is 2. The zero-order chi connectivity index (χ0) is 84.6. The summed E-state index contributed by atoms with van der Waals surface area (Å²) in [4.78, 5) is 31.6. The van der Waals surface area contributed by atoms with E-state index in [4.69, 9.17) is 9.47 Å². The fraction of sp³-hybridized carbons (Fsp3) is 0.542. The zero-order valence-electron chi connectivity index (χ0n) is 63.5. The molecule has 6 rings (SSSR count). The third kappa shape index (κ3) is 32.0. The molecule has 0 aliphatic carbocycles. The van der Waals surface area contributed by atoms with E-state index in [1.165, 1.54) is 167 Å². The van der Waals surface area contributed by atoms with Gasteiger partial charge in [0.1, 0.15) is 6.15 Å². The van der Waals surface area contributed by atoms with Crippen molar-refractivity contribution in [3.05, 3.63) is 184 Å². The first-order valence-electron chi connectivity index (χ1n) is 38.7. The Labute approximate surface area is 649 Å². The minimum absolute atomic E-state index is 0.00139. The topological polar surface area (TPSA) is 69.4 Å². The van der Waals surface area contributed by atoms with Crippen molar-refractivity contribution < 1.29 is 129 Å². The Hall–Kier alpha value is -7.76. The molecule has 1 aromatic heterocycles. The summed E-state index contributed by atoms with van der Waals surface area (Å²) in [6.07, 6.45) is -6.44. The molecule has 5 aromatic carbocycles. The third-order valence-electron chi connectivity index (χ3n) is 19.8. The number of carbonyl (C=O) groups excluding carboxylic acids is 2. The average molecular weight is 1650 g/mol. The minimum atomic E-state index is -6.13. The van der Waals surface area contributed by atoms with Crippen LogP contribution in [0.2, 0.25) is 0 Å². The number of carbonyl (C=O) groups is 2. The average Bonchev–Trinajstić information content (AvgIpc) is 0.707. The Morgan fingerprint density at radius 2 is 0.518 bits per heavy atom. The first-order chi connectivity index (χ1) is 53.4. The molecule has 0 radical (unpaired) electrons. The number of hydrogen-bond acceptors (Lipinski definition) is 5. The minimum Gasteiger partial charge on any atom is -0.462 e. The molecule has 114 heavy (non-hydrogen) atoms. The van der Waals surface area contributed by atoms with E-state index in [1.54, 1.807) is 12.4 Å². The summed E-state index contributed by atoms with van der Waals surface area (Å²) in [5, 5.41) is 0. The van der Waals surface area contributed by atoms with Gasteiger partial charge >= 0.3 is 61.3 Å². The van der Waals surface area contributed by atoms with E-state index in [0.717, 1.165) is 44.1 Å². The summed E-state index contributed by atoms with van der Waals surface area (Å²) < 4.78 is 354. The number of halogens is 24. The molecule has 0 amide bonds. The van der Waals surface area contributed by atoms with Gasteiger partial charge in [-0.1, -0.05) is 285 Å². The summed E-state index contributed by atoms with van der Waals surface area (Å²) in [5.41, 5.74) is -28.8. The van der Waals surface area contributed by atoms with Crippen molar-refractivity contribution in [3.63, 3.8) is 0 Å². The Bertz CT molecular complexity index is 3410. The van der Waals surface area contributed by atoms with Crippen LogP contribution in [0.1, 0.15) is 269 Å². The van der Waals surface area contributed by atoms with Gasteiger partial charge in [0.25, 0.3) is 0 Å². The first kappa shape index (κ1) is 96.8. The second-order valence-corrected chi connectivity index (χ2v) is 28.7. The molecule has 0 bridgehead atoms. The number of unbranched alkanes of at least 4 members (excludes halogenated alkanes) is 30. The second-order valence-electron chi connectivity index (χ2n) is 28.7. The highest BCUT2D eigenvalue weighted by atomic mass is 19.4. The van der Waals surface area contributed by atoms with Crippen LogP contribution in [0.4, 0.5) is 105 Å². The van der Waals surface area contributed by atoms with Gasteiger partial charge in [0, 0.05) is 5.57 Å². The van der Waals surface area contributed by atoms with Crippen LogP contribution < -0.4 is 26.4 Å². The number of ether oxygens (including phenoxy) is 2. The van der Waals surface area contributed by atoms with Crippen molar-refractivity contribution in [1.82, 2.24) is 4.98 Å². The molecule has 0 unspecified atom stereocenters. The molecule has 0 spiro atoms. The number of rotatable bonds is 43. The standard InChI is InChI=1S/C51H85N2O4.C32H12BF24/c1-3-5-7-9-11-13-15-17-19-21-23-25-27-29-31-36-44-56-50(54)49(48(47-38-34-33-35-39-47)46-53-42-40-52-41-43-53)51(55)57-45-37-32-30-28-26-24-22-20-18-16-14-12-10-8-6-4-2;34-25(35,36)13-1-14(26(37,38)39)6-21(5-13)33(22-7-15(27(40,41)42)2-16(8-22)28(43,44)45,23-9-17(29(46,47)48)3-18(10-23)30(49,50)51)24-11-19(31(52,53)54)4-20(12-24)32(55,56)57/h33-35,38-43H,3-32,36-37,44-46H2,1-2H3;1-12H/q+1;-1. The normalized spacial score (nSPS) is 12.7. The van der Waals surface area contributed by atoms with Crippen LogP contribution in [-0.4, -0.2) is 36.3 Å². The molecule has 1 heterocycles. The molecule has 0 fully saturated rings. The lowest BCUT2D eigenvalue weighted by molar-refractivity contribution is -0.684. The monoisotopic (exact) mass is 1650 g/mol. The number of esters is 2. The third-order valence-corrected chi connectivity index (χ3v) is 19.8. The predicted molar refractivity (Wildman–Crippen MR) is 389 cm³/mol. The Kier molecular flexibility index (Phi) is 38.3. The number of hydrogen-bond donors (Lipinski definition) is 0. The van der Waals surface area contributed by atoms with Crippen molar-refractivity contribution in [1.29, 1.82) is 0 Å². The summed E-state index contributed by atoms with van der Waals surface area (Å²) in [6.45, 7) is 5.49. The summed E-state index contributed by atoms with van der Waals surface area (Å²) in [7, 11) is 0. The van der Waals surface area contributed by atoms with Crippen molar-refractivity contribution in [2.45, 2.75) is 275 Å². The van der Waals surface area contributed by atoms with Crippen molar-refractivity contribution >= 4 is 45.5 Å². The van der Waals surface area contributed by atoms with E-state index in [0.29, 0.717) is 25.3 Å². The molecule has 0 aliphatic heterocycles. The van der Waals surface area contributed by atoms with Gasteiger partial charge in [-0.3, -0.25) is 4.98 Å². The highest BCUT2D eigenvalue weighted by Gasteiger charge is 2.48. The zero-order valence-corrected chi connectivity index (χ0v) is 63.5. The van der Waals surface area contributed by atoms with Gasteiger partial charge < -0.3 is 9.47 Å². The smallest absolute Gasteiger partial charge is 0.416 e. The fourth-order valence-electron chi connectivity index (χ4n) is 13.8. The summed E-state index contributed by atoms with van der Waals surface area (Å²) >= 11 is 0. The van der Waals surface area contributed by atoms with Crippen LogP contribution in [-0.2, 0) is 75.0 Å². The molecule has 0 N–H and O–H groups in total. The van der Waals surface area contributed by atoms with Crippen LogP contribution in [0.5, 0.6) is 0 Å². The van der Waals surface area contributed by atoms with E-state index in [2.05, 4.69) is 18.8 Å². The van der Waals surface area contributed by atoms with E-state index in [1.807, 2.05) is 47.3 Å². The quantitative estimate of drug-likeness (QED) is 0.00558. The van der Waals surface area contributed by atoms with Gasteiger partial charge in [0.2, 0.25) is 0 Å². The van der Waals surface area contributed by atoms with Gasteiger partial charge in [0.15, 0.2) is 24.5 Å². The molecule has 0 aliphatic rings. The second kappa shape index (κ2) is 45.1. The number of alkyl halides is 24. The van der Waals surface area contributed by atoms with Crippen LogP contribution in [0.25, 0.3) is 5.57 Å². The van der Waals surface area contributed by atoms with E-state index >= 15 is 0 Å². The van der Waals surface area contributed by atoms with Crippen molar-refractivity contribution in [2.75, 3.05) is 13.2 Å². The van der Waals surface area contributed by atoms with Gasteiger partial charge in [0.05, 0.1) is 70.1 Å². The Balaban J connectivity index is 0.000000407. The molecular formula is C83H97BF24N2O4. The molecule has 0 atom stereocenters. The fourth-order valence-corrected chi connectivity index (χ4v) is 13.8. The van der Waals surface area contributed by atoms with Crippen LogP contribution in [0, 0.1) is 0 Å². The summed E-state index contributed by atoms with van der Waals surface area (Å²) in [6, 6.07) is 0.841. The maximum absolute atomic E-state index is 14.2.